The summed E-state index contributed by atoms with van der Waals surface area (Å²) >= 11 is 4.52. The van der Waals surface area contributed by atoms with Crippen LogP contribution in [0.3, 0.4) is 0 Å². The van der Waals surface area contributed by atoms with Gasteiger partial charge in [0.15, 0.2) is 5.17 Å². The number of rotatable bonds is 1. The summed E-state index contributed by atoms with van der Waals surface area (Å²) < 4.78 is 39.4. The van der Waals surface area contributed by atoms with Crippen molar-refractivity contribution in [2.24, 2.45) is 10.9 Å². The summed E-state index contributed by atoms with van der Waals surface area (Å²) in [6, 6.07) is 4.18. The molecule has 0 fully saturated rings. The maximum absolute atomic E-state index is 13.0. The van der Waals surface area contributed by atoms with Gasteiger partial charge in [0, 0.05) is 10.2 Å². The van der Waals surface area contributed by atoms with Crippen molar-refractivity contribution in [1.82, 2.24) is 0 Å². The van der Waals surface area contributed by atoms with Crippen LogP contribution in [-0.4, -0.2) is 17.0 Å². The van der Waals surface area contributed by atoms with E-state index in [0.29, 0.717) is 15.6 Å². The molecule has 2 nitrogen and oxygen atoms in total. The average Bonchev–Trinajstić information content (AvgIpc) is 2.35. The molecule has 0 saturated carbocycles. The molecule has 1 heterocycles. The number of thioether (sulfide) groups is 1. The molecule has 0 radical (unpaired) electrons. The topological polar surface area (TPSA) is 24.4 Å². The quantitative estimate of drug-likeness (QED) is 0.755. The predicted octanol–water partition coefficient (Wildman–Crippen LogP) is 5.01. The molecule has 1 N–H and O–H groups in total. The first-order valence-corrected chi connectivity index (χ1v) is 7.89. The summed E-state index contributed by atoms with van der Waals surface area (Å²) in [5.74, 6) is 1.28. The Bertz CT molecular complexity index is 531. The van der Waals surface area contributed by atoms with E-state index in [4.69, 9.17) is 0 Å². The maximum atomic E-state index is 13.0. The largest absolute Gasteiger partial charge is 0.418 e. The maximum Gasteiger partial charge on any atom is 0.418 e. The highest BCUT2D eigenvalue weighted by Gasteiger charge is 2.34. The van der Waals surface area contributed by atoms with Crippen LogP contribution in [0.5, 0.6) is 0 Å². The third-order valence-electron chi connectivity index (χ3n) is 3.16. The van der Waals surface area contributed by atoms with Crippen molar-refractivity contribution in [2.45, 2.75) is 26.1 Å². The second-order valence-electron chi connectivity index (χ2n) is 4.78. The van der Waals surface area contributed by atoms with Crippen LogP contribution in [0.25, 0.3) is 0 Å². The van der Waals surface area contributed by atoms with E-state index in [0.717, 1.165) is 11.8 Å². The molecule has 1 aliphatic rings. The van der Waals surface area contributed by atoms with Crippen LogP contribution < -0.4 is 5.32 Å². The molecule has 2 unspecified atom stereocenters. The van der Waals surface area contributed by atoms with Crippen LogP contribution >= 0.6 is 27.7 Å². The molecule has 20 heavy (non-hydrogen) atoms. The molecule has 2 atom stereocenters. The smallest absolute Gasteiger partial charge is 0.334 e. The van der Waals surface area contributed by atoms with Crippen LogP contribution in [0.1, 0.15) is 19.4 Å². The number of halogens is 4. The Kier molecular flexibility index (Phi) is 4.69. The summed E-state index contributed by atoms with van der Waals surface area (Å²) in [6.07, 6.45) is -4.40. The van der Waals surface area contributed by atoms with Gasteiger partial charge in [-0.2, -0.15) is 13.2 Å². The number of nitrogens with zero attached hydrogens (tertiary/aromatic N) is 1. The van der Waals surface area contributed by atoms with Gasteiger partial charge in [0.2, 0.25) is 0 Å². The molecule has 0 aliphatic carbocycles. The van der Waals surface area contributed by atoms with Crippen LogP contribution in [0.15, 0.2) is 27.7 Å². The monoisotopic (exact) mass is 366 g/mol. The number of benzene rings is 1. The van der Waals surface area contributed by atoms with Gasteiger partial charge in [0.25, 0.3) is 0 Å². The molecular formula is C13H14BrF3N2S. The second kappa shape index (κ2) is 5.97. The highest BCUT2D eigenvalue weighted by molar-refractivity contribution is 9.10. The summed E-state index contributed by atoms with van der Waals surface area (Å²) in [7, 11) is 0. The molecule has 1 aromatic carbocycles. The Hall–Kier alpha value is -0.690. The lowest BCUT2D eigenvalue weighted by Gasteiger charge is -2.24. The average molecular weight is 367 g/mol. The van der Waals surface area contributed by atoms with Gasteiger partial charge < -0.3 is 5.32 Å². The van der Waals surface area contributed by atoms with Crippen molar-refractivity contribution in [3.8, 4) is 0 Å². The summed E-state index contributed by atoms with van der Waals surface area (Å²) in [5.41, 5.74) is -0.657. The molecular weight excluding hydrogens is 353 g/mol. The zero-order valence-corrected chi connectivity index (χ0v) is 13.4. The van der Waals surface area contributed by atoms with Gasteiger partial charge in [-0.3, -0.25) is 4.99 Å². The van der Waals surface area contributed by atoms with Crippen molar-refractivity contribution < 1.29 is 13.2 Å². The van der Waals surface area contributed by atoms with E-state index in [-0.39, 0.29) is 11.7 Å². The lowest BCUT2D eigenvalue weighted by molar-refractivity contribution is -0.136. The molecule has 2 rings (SSSR count). The van der Waals surface area contributed by atoms with E-state index in [1.807, 2.05) is 6.92 Å². The zero-order valence-electron chi connectivity index (χ0n) is 11.0. The van der Waals surface area contributed by atoms with E-state index >= 15 is 0 Å². The van der Waals surface area contributed by atoms with E-state index in [2.05, 4.69) is 33.2 Å². The van der Waals surface area contributed by atoms with E-state index in [1.165, 1.54) is 17.8 Å². The Morgan fingerprint density at radius 2 is 2.05 bits per heavy atom. The van der Waals surface area contributed by atoms with E-state index in [9.17, 15) is 13.2 Å². The van der Waals surface area contributed by atoms with Crippen molar-refractivity contribution in [1.29, 1.82) is 0 Å². The fourth-order valence-corrected chi connectivity index (χ4v) is 3.23. The lowest BCUT2D eigenvalue weighted by Crippen LogP contribution is -2.26. The zero-order chi connectivity index (χ0) is 14.9. The van der Waals surface area contributed by atoms with Crippen molar-refractivity contribution >= 4 is 38.5 Å². The van der Waals surface area contributed by atoms with E-state index < -0.39 is 11.7 Å². The highest BCUT2D eigenvalue weighted by Crippen LogP contribution is 2.37. The Morgan fingerprint density at radius 1 is 1.35 bits per heavy atom. The molecule has 1 aliphatic heterocycles. The second-order valence-corrected chi connectivity index (χ2v) is 6.70. The van der Waals surface area contributed by atoms with Crippen LogP contribution in [0.4, 0.5) is 18.9 Å². The normalized spacial score (nSPS) is 23.4. The highest BCUT2D eigenvalue weighted by atomic mass is 79.9. The van der Waals surface area contributed by atoms with Gasteiger partial charge in [-0.25, -0.2) is 0 Å². The van der Waals surface area contributed by atoms with Crippen molar-refractivity contribution in [3.63, 3.8) is 0 Å². The number of hydrogen-bond donors (Lipinski definition) is 1. The Balaban J connectivity index is 2.28. The standard InChI is InChI=1S/C13H14BrF3N2S/c1-7-6-20-12(18-8(7)2)19-11-4-3-9(14)5-10(11)13(15,16)17/h3-5,7-8H,6H2,1-2H3,(H,18,19). The van der Waals surface area contributed by atoms with Gasteiger partial charge in [-0.05, 0) is 31.0 Å². The summed E-state index contributed by atoms with van der Waals surface area (Å²) in [5, 5.41) is 3.35. The van der Waals surface area contributed by atoms with Gasteiger partial charge in [0.1, 0.15) is 0 Å². The van der Waals surface area contributed by atoms with Crippen LogP contribution in [-0.2, 0) is 6.18 Å². The number of amidine groups is 1. The third-order valence-corrected chi connectivity index (χ3v) is 4.82. The van der Waals surface area contributed by atoms with Gasteiger partial charge in [0.05, 0.1) is 17.3 Å². The first-order chi connectivity index (χ1) is 9.27. The van der Waals surface area contributed by atoms with Crippen LogP contribution in [0.2, 0.25) is 0 Å². The number of anilines is 1. The first-order valence-electron chi connectivity index (χ1n) is 6.11. The molecule has 1 aromatic rings. The van der Waals surface area contributed by atoms with Crippen LogP contribution in [0, 0.1) is 5.92 Å². The summed E-state index contributed by atoms with van der Waals surface area (Å²) in [4.78, 5) is 4.39. The van der Waals surface area contributed by atoms with E-state index in [1.54, 1.807) is 6.07 Å². The fraction of sp³-hybridized carbons (Fsp3) is 0.462. The molecule has 0 bridgehead atoms. The number of nitrogens with one attached hydrogen (secondary N) is 1. The SMILES string of the molecule is CC1CSC(Nc2ccc(Br)cc2C(F)(F)F)=NC1C. The minimum absolute atomic E-state index is 0.0358. The van der Waals surface area contributed by atoms with Crippen molar-refractivity contribution in [2.75, 3.05) is 11.1 Å². The molecule has 0 saturated heterocycles. The van der Waals surface area contributed by atoms with Gasteiger partial charge in [-0.1, -0.05) is 34.6 Å². The number of aliphatic imine (C=N–C) groups is 1. The molecule has 0 aromatic heterocycles. The Labute approximate surface area is 128 Å². The van der Waals surface area contributed by atoms with Gasteiger partial charge in [-0.15, -0.1) is 0 Å². The predicted molar refractivity (Wildman–Crippen MR) is 81.3 cm³/mol. The van der Waals surface area contributed by atoms with Crippen molar-refractivity contribution in [3.05, 3.63) is 28.2 Å². The molecule has 0 spiro atoms. The third kappa shape index (κ3) is 3.69. The number of hydrogen-bond acceptors (Lipinski definition) is 3. The fourth-order valence-electron chi connectivity index (χ4n) is 1.74. The minimum Gasteiger partial charge on any atom is -0.334 e. The minimum atomic E-state index is -4.40. The number of alkyl halides is 3. The molecule has 110 valence electrons. The lowest BCUT2D eigenvalue weighted by atomic mass is 10.1. The summed E-state index contributed by atoms with van der Waals surface area (Å²) in [6.45, 7) is 4.05. The van der Waals surface area contributed by atoms with Gasteiger partial charge >= 0.3 is 6.18 Å². The first kappa shape index (κ1) is 15.7. The molecule has 7 heteroatoms. The molecule has 0 amide bonds. The Morgan fingerprint density at radius 3 is 2.65 bits per heavy atom.